The van der Waals surface area contributed by atoms with Crippen molar-refractivity contribution in [2.24, 2.45) is 17.3 Å². The van der Waals surface area contributed by atoms with Gasteiger partial charge in [0, 0.05) is 30.0 Å². The van der Waals surface area contributed by atoms with E-state index < -0.39 is 11.7 Å². The molecule has 5 aliphatic rings. The number of hydrogen-bond donors (Lipinski definition) is 2. The molecule has 2 saturated heterocycles. The molecule has 2 bridgehead atoms. The summed E-state index contributed by atoms with van der Waals surface area (Å²) in [6.45, 7) is 9.71. The molecular weight excluding hydrogens is 408 g/mol. The number of nitrogens with one attached hydrogen (secondary N) is 1. The molecule has 32 heavy (non-hydrogen) atoms. The monoisotopic (exact) mass is 450 g/mol. The van der Waals surface area contributed by atoms with Gasteiger partial charge in [0.25, 0.3) is 0 Å². The van der Waals surface area contributed by atoms with Crippen molar-refractivity contribution in [1.82, 2.24) is 10.2 Å². The molecule has 0 amide bonds. The van der Waals surface area contributed by atoms with Crippen molar-refractivity contribution < 1.29 is 24.1 Å². The number of rotatable bonds is 5. The molecule has 9 atom stereocenters. The summed E-state index contributed by atoms with van der Waals surface area (Å²) < 4.78 is 19.2. The fourth-order valence-electron chi connectivity index (χ4n) is 8.49. The van der Waals surface area contributed by atoms with Crippen molar-refractivity contribution in [3.8, 4) is 0 Å². The van der Waals surface area contributed by atoms with Crippen molar-refractivity contribution in [3.05, 3.63) is 0 Å². The Morgan fingerprint density at radius 3 is 2.75 bits per heavy atom. The summed E-state index contributed by atoms with van der Waals surface area (Å²) in [6, 6.07) is 0.459. The van der Waals surface area contributed by atoms with Crippen LogP contribution in [0.15, 0.2) is 0 Å². The molecule has 2 N–H and O–H groups in total. The Labute approximate surface area is 192 Å². The molecule has 0 aromatic rings. The number of likely N-dealkylation sites (N-methyl/N-ethyl adjacent to an activating group) is 1. The van der Waals surface area contributed by atoms with E-state index in [4.69, 9.17) is 14.2 Å². The molecule has 5 fully saturated rings. The number of nitrogens with zero attached hydrogens (tertiary/aromatic N) is 1. The topological polar surface area (TPSA) is 80.3 Å². The molecule has 182 valence electrons. The first-order valence-corrected chi connectivity index (χ1v) is 12.8. The van der Waals surface area contributed by atoms with Crippen molar-refractivity contribution in [2.75, 3.05) is 26.7 Å². The second-order valence-electron chi connectivity index (χ2n) is 11.9. The van der Waals surface area contributed by atoms with Crippen LogP contribution < -0.4 is 5.32 Å². The van der Waals surface area contributed by atoms with E-state index in [0.29, 0.717) is 24.5 Å². The number of esters is 1. The van der Waals surface area contributed by atoms with Crippen LogP contribution in [0.3, 0.4) is 0 Å². The molecule has 7 nitrogen and oxygen atoms in total. The summed E-state index contributed by atoms with van der Waals surface area (Å²) in [5.74, 6) is 0.674. The second-order valence-corrected chi connectivity index (χ2v) is 11.9. The lowest BCUT2D eigenvalue weighted by Gasteiger charge is -2.69. The lowest BCUT2D eigenvalue weighted by Crippen LogP contribution is -2.78. The van der Waals surface area contributed by atoms with Gasteiger partial charge in [-0.2, -0.15) is 0 Å². The number of carbonyl (C=O) groups excluding carboxylic acids is 1. The maximum atomic E-state index is 12.4. The fraction of sp³-hybridized carbons (Fsp3) is 0.960. The summed E-state index contributed by atoms with van der Waals surface area (Å²) in [5, 5.41) is 14.5. The number of hydrogen-bond acceptors (Lipinski definition) is 7. The standard InChI is InChI=1S/C25H42N2O5/c1-6-30-25-10-9-16(26-14-19(29)32-23(2,3)4)22-24(25)11-12-27(5)18(25)13-15-7-8-17(28)21(31-22)20(15)24/h15-18,20-22,26,28H,6-14H2,1-5H3/t15?,16-,17?,18?,20?,21?,22-,24-,25+/m0/s1. The third-order valence-electron chi connectivity index (χ3n) is 9.27. The number of piperidine rings is 1. The summed E-state index contributed by atoms with van der Waals surface area (Å²) in [6.07, 6.45) is 5.36. The van der Waals surface area contributed by atoms with E-state index in [1.54, 1.807) is 0 Å². The Kier molecular flexibility index (Phi) is 5.69. The predicted molar refractivity (Wildman–Crippen MR) is 120 cm³/mol. The van der Waals surface area contributed by atoms with Crippen molar-refractivity contribution in [3.63, 3.8) is 0 Å². The Balaban J connectivity index is 1.48. The van der Waals surface area contributed by atoms with Crippen LogP contribution in [0.2, 0.25) is 0 Å². The maximum Gasteiger partial charge on any atom is 0.320 e. The third kappa shape index (κ3) is 3.22. The zero-order valence-corrected chi connectivity index (χ0v) is 20.4. The average molecular weight is 451 g/mol. The van der Waals surface area contributed by atoms with Crippen LogP contribution in [0.25, 0.3) is 0 Å². The van der Waals surface area contributed by atoms with Crippen LogP contribution in [-0.2, 0) is 19.0 Å². The van der Waals surface area contributed by atoms with E-state index in [1.807, 2.05) is 20.8 Å². The molecule has 0 aromatic heterocycles. The van der Waals surface area contributed by atoms with Crippen molar-refractivity contribution in [1.29, 1.82) is 0 Å². The zero-order chi connectivity index (χ0) is 22.9. The normalized spacial score (nSPS) is 47.8. The van der Waals surface area contributed by atoms with Crippen LogP contribution in [0.1, 0.15) is 66.2 Å². The van der Waals surface area contributed by atoms with Gasteiger partial charge in [-0.3, -0.25) is 4.79 Å². The van der Waals surface area contributed by atoms with Gasteiger partial charge in [0.2, 0.25) is 0 Å². The van der Waals surface area contributed by atoms with E-state index in [-0.39, 0.29) is 41.8 Å². The first-order valence-electron chi connectivity index (χ1n) is 12.8. The number of ether oxygens (including phenoxy) is 3. The zero-order valence-electron chi connectivity index (χ0n) is 20.4. The minimum absolute atomic E-state index is 0.0491. The van der Waals surface area contributed by atoms with E-state index in [9.17, 15) is 9.90 Å². The number of aliphatic hydroxyl groups excluding tert-OH is 1. The van der Waals surface area contributed by atoms with Crippen LogP contribution in [-0.4, -0.2) is 84.3 Å². The van der Waals surface area contributed by atoms with Crippen LogP contribution >= 0.6 is 0 Å². The van der Waals surface area contributed by atoms with Crippen molar-refractivity contribution >= 4 is 5.97 Å². The van der Waals surface area contributed by atoms with E-state index in [0.717, 1.165) is 45.1 Å². The Morgan fingerprint density at radius 1 is 1.25 bits per heavy atom. The molecule has 3 aliphatic carbocycles. The van der Waals surface area contributed by atoms with Gasteiger partial charge in [0.15, 0.2) is 0 Å². The van der Waals surface area contributed by atoms with E-state index in [1.165, 1.54) is 0 Å². The van der Waals surface area contributed by atoms with Gasteiger partial charge >= 0.3 is 5.97 Å². The lowest BCUT2D eigenvalue weighted by molar-refractivity contribution is -0.277. The Morgan fingerprint density at radius 2 is 2.03 bits per heavy atom. The molecule has 0 radical (unpaired) electrons. The maximum absolute atomic E-state index is 12.4. The molecule has 0 aromatic carbocycles. The minimum atomic E-state index is -0.491. The Bertz CT molecular complexity index is 740. The average Bonchev–Trinajstić information content (AvgIpc) is 3.06. The molecule has 2 aliphatic heterocycles. The van der Waals surface area contributed by atoms with Crippen LogP contribution in [0.4, 0.5) is 0 Å². The largest absolute Gasteiger partial charge is 0.459 e. The lowest BCUT2D eigenvalue weighted by atomic mass is 9.42. The predicted octanol–water partition coefficient (Wildman–Crippen LogP) is 2.10. The highest BCUT2D eigenvalue weighted by Gasteiger charge is 2.78. The summed E-state index contributed by atoms with van der Waals surface area (Å²) >= 11 is 0. The van der Waals surface area contributed by atoms with E-state index in [2.05, 4.69) is 24.2 Å². The minimum Gasteiger partial charge on any atom is -0.459 e. The number of aliphatic hydroxyl groups is 1. The van der Waals surface area contributed by atoms with Gasteiger partial charge < -0.3 is 29.5 Å². The third-order valence-corrected chi connectivity index (χ3v) is 9.27. The van der Waals surface area contributed by atoms with Gasteiger partial charge in [-0.25, -0.2) is 0 Å². The van der Waals surface area contributed by atoms with E-state index >= 15 is 0 Å². The van der Waals surface area contributed by atoms with Gasteiger partial charge in [-0.15, -0.1) is 0 Å². The first kappa shape index (κ1) is 23.0. The summed E-state index contributed by atoms with van der Waals surface area (Å²) in [4.78, 5) is 15.0. The van der Waals surface area contributed by atoms with Gasteiger partial charge in [-0.1, -0.05) is 0 Å². The van der Waals surface area contributed by atoms with Crippen LogP contribution in [0.5, 0.6) is 0 Å². The van der Waals surface area contributed by atoms with Crippen molar-refractivity contribution in [2.45, 2.75) is 108 Å². The fourth-order valence-corrected chi connectivity index (χ4v) is 8.49. The molecule has 5 rings (SSSR count). The van der Waals surface area contributed by atoms with Gasteiger partial charge in [-0.05, 0) is 85.7 Å². The van der Waals surface area contributed by atoms with Gasteiger partial charge in [0.1, 0.15) is 5.60 Å². The highest BCUT2D eigenvalue weighted by atomic mass is 16.6. The first-order chi connectivity index (χ1) is 15.1. The SMILES string of the molecule is CCO[C@]12CC[C@H](NCC(=O)OC(C)(C)C)[C@@H]3OC4C(O)CCC5CC1N(C)CC[C@]32C54. The Hall–Kier alpha value is -0.730. The molecule has 7 heteroatoms. The quantitative estimate of drug-likeness (QED) is 0.621. The highest BCUT2D eigenvalue weighted by molar-refractivity contribution is 5.72. The number of likely N-dealkylation sites (tertiary alicyclic amines) is 1. The van der Waals surface area contributed by atoms with Gasteiger partial charge in [0.05, 0.1) is 30.5 Å². The molecule has 5 unspecified atom stereocenters. The van der Waals surface area contributed by atoms with Crippen LogP contribution in [0, 0.1) is 17.3 Å². The molecule has 3 saturated carbocycles. The number of carbonyl (C=O) groups is 1. The second kappa shape index (κ2) is 7.91. The summed E-state index contributed by atoms with van der Waals surface area (Å²) in [7, 11) is 2.26. The highest BCUT2D eigenvalue weighted by Crippen LogP contribution is 2.70. The smallest absolute Gasteiger partial charge is 0.320 e. The molecule has 2 heterocycles. The molecule has 1 spiro atoms. The summed E-state index contributed by atoms with van der Waals surface area (Å²) in [5.41, 5.74) is -0.843. The molecular formula is C25H42N2O5.